The minimum absolute atomic E-state index is 0.126. The third-order valence-corrected chi connectivity index (χ3v) is 6.72. The normalized spacial score (nSPS) is 18.6. The van der Waals surface area contributed by atoms with Gasteiger partial charge >= 0.3 is 0 Å². The standard InChI is InChI=1S/C30H30N2O2/c1-30(2)32(28(22-34-30)19-23-9-5-3-6-10-23)29(21-33)26-17-18-31(20-26)27-15-13-25(14-16-27)24-11-7-4-8-12-24/h3-18,20-21,28-29H,19,22H2,1-2H3/t28-,29?/m0/s1. The van der Waals surface area contributed by atoms with E-state index in [0.717, 1.165) is 24.0 Å². The van der Waals surface area contributed by atoms with E-state index in [-0.39, 0.29) is 12.1 Å². The number of carbonyl (C=O) groups excluding carboxylic acids is 1. The molecule has 34 heavy (non-hydrogen) atoms. The lowest BCUT2D eigenvalue weighted by Gasteiger charge is -2.37. The van der Waals surface area contributed by atoms with Crippen molar-refractivity contribution in [1.82, 2.24) is 9.47 Å². The quantitative estimate of drug-likeness (QED) is 0.321. The van der Waals surface area contributed by atoms with Gasteiger partial charge in [-0.15, -0.1) is 0 Å². The lowest BCUT2D eigenvalue weighted by atomic mass is 10.0. The van der Waals surface area contributed by atoms with Crippen LogP contribution < -0.4 is 0 Å². The van der Waals surface area contributed by atoms with Crippen LogP contribution in [0.15, 0.2) is 103 Å². The number of rotatable bonds is 7. The molecule has 172 valence electrons. The van der Waals surface area contributed by atoms with E-state index in [4.69, 9.17) is 4.74 Å². The summed E-state index contributed by atoms with van der Waals surface area (Å²) in [6.45, 7) is 4.70. The highest BCUT2D eigenvalue weighted by molar-refractivity contribution is 5.65. The minimum atomic E-state index is -0.523. The van der Waals surface area contributed by atoms with Crippen molar-refractivity contribution < 1.29 is 9.53 Å². The molecule has 0 radical (unpaired) electrons. The summed E-state index contributed by atoms with van der Waals surface area (Å²) in [5.41, 5.74) is 5.14. The van der Waals surface area contributed by atoms with Gasteiger partial charge in [-0.1, -0.05) is 72.8 Å². The molecule has 4 aromatic rings. The SMILES string of the molecule is CC1(C)OC[C@H](Cc2ccccc2)N1C(C=O)c1ccn(-c2ccc(-c3ccccc3)cc2)c1. The number of aldehydes is 1. The van der Waals surface area contributed by atoms with Crippen LogP contribution in [0, 0.1) is 0 Å². The number of aromatic nitrogens is 1. The smallest absolute Gasteiger partial charge is 0.141 e. The highest BCUT2D eigenvalue weighted by atomic mass is 16.5. The Bertz CT molecular complexity index is 1230. The molecule has 0 bridgehead atoms. The minimum Gasteiger partial charge on any atom is -0.359 e. The summed E-state index contributed by atoms with van der Waals surface area (Å²) in [7, 11) is 0. The first-order chi connectivity index (χ1) is 16.5. The zero-order valence-electron chi connectivity index (χ0n) is 19.7. The average molecular weight is 451 g/mol. The molecule has 1 unspecified atom stereocenters. The molecule has 0 amide bonds. The summed E-state index contributed by atoms with van der Waals surface area (Å²) in [5, 5.41) is 0. The van der Waals surface area contributed by atoms with Crippen molar-refractivity contribution in [3.63, 3.8) is 0 Å². The van der Waals surface area contributed by atoms with Crippen molar-refractivity contribution in [2.45, 2.75) is 38.1 Å². The molecule has 1 fully saturated rings. The maximum atomic E-state index is 12.4. The van der Waals surface area contributed by atoms with Gasteiger partial charge in [-0.2, -0.15) is 0 Å². The van der Waals surface area contributed by atoms with Gasteiger partial charge in [0.05, 0.1) is 12.6 Å². The molecule has 2 heterocycles. The maximum Gasteiger partial charge on any atom is 0.141 e. The first-order valence-electron chi connectivity index (χ1n) is 11.8. The van der Waals surface area contributed by atoms with Gasteiger partial charge in [0.25, 0.3) is 0 Å². The predicted molar refractivity (Wildman–Crippen MR) is 136 cm³/mol. The Morgan fingerprint density at radius 2 is 1.56 bits per heavy atom. The number of carbonyl (C=O) groups is 1. The first-order valence-corrected chi connectivity index (χ1v) is 11.8. The summed E-state index contributed by atoms with van der Waals surface area (Å²) >= 11 is 0. The molecule has 0 N–H and O–H groups in total. The molecule has 2 atom stereocenters. The van der Waals surface area contributed by atoms with E-state index >= 15 is 0 Å². The van der Waals surface area contributed by atoms with E-state index in [1.807, 2.05) is 38.2 Å². The van der Waals surface area contributed by atoms with Crippen LogP contribution in [0.2, 0.25) is 0 Å². The molecule has 5 rings (SSSR count). The van der Waals surface area contributed by atoms with Crippen LogP contribution in [0.5, 0.6) is 0 Å². The highest BCUT2D eigenvalue weighted by Gasteiger charge is 2.45. The fourth-order valence-electron chi connectivity index (χ4n) is 5.01. The Morgan fingerprint density at radius 1 is 0.912 bits per heavy atom. The lowest BCUT2D eigenvalue weighted by molar-refractivity contribution is -0.122. The van der Waals surface area contributed by atoms with Gasteiger partial charge in [0, 0.05) is 24.1 Å². The largest absolute Gasteiger partial charge is 0.359 e. The van der Waals surface area contributed by atoms with Crippen LogP contribution in [0.3, 0.4) is 0 Å². The molecule has 1 aliphatic rings. The Kier molecular flexibility index (Phi) is 6.18. The molecule has 0 aliphatic carbocycles. The molecular formula is C30H30N2O2. The maximum absolute atomic E-state index is 12.4. The van der Waals surface area contributed by atoms with Crippen molar-refractivity contribution in [2.75, 3.05) is 6.61 Å². The Morgan fingerprint density at radius 3 is 2.24 bits per heavy atom. The van der Waals surface area contributed by atoms with Gasteiger partial charge in [0.15, 0.2) is 0 Å². The van der Waals surface area contributed by atoms with E-state index in [1.54, 1.807) is 0 Å². The van der Waals surface area contributed by atoms with Gasteiger partial charge in [0.1, 0.15) is 12.0 Å². The Hall–Kier alpha value is -3.47. The van der Waals surface area contributed by atoms with E-state index in [9.17, 15) is 4.79 Å². The molecule has 1 aliphatic heterocycles. The van der Waals surface area contributed by atoms with Crippen molar-refractivity contribution in [2.24, 2.45) is 0 Å². The number of benzene rings is 3. The second-order valence-corrected chi connectivity index (χ2v) is 9.35. The second-order valence-electron chi connectivity index (χ2n) is 9.35. The third-order valence-electron chi connectivity index (χ3n) is 6.72. The van der Waals surface area contributed by atoms with Gasteiger partial charge in [-0.3, -0.25) is 4.90 Å². The molecular weight excluding hydrogens is 420 g/mol. The third kappa shape index (κ3) is 4.47. The molecule has 0 spiro atoms. The Labute approximate surface area is 201 Å². The zero-order chi connectivity index (χ0) is 23.5. The first kappa shape index (κ1) is 22.3. The monoisotopic (exact) mass is 450 g/mol. The topological polar surface area (TPSA) is 34.5 Å². The Balaban J connectivity index is 1.39. The number of hydrogen-bond donors (Lipinski definition) is 0. The van der Waals surface area contributed by atoms with Crippen molar-refractivity contribution >= 4 is 6.29 Å². The van der Waals surface area contributed by atoms with Crippen LogP contribution in [0.4, 0.5) is 0 Å². The average Bonchev–Trinajstić information content (AvgIpc) is 3.47. The second kappa shape index (κ2) is 9.41. The van der Waals surface area contributed by atoms with Crippen LogP contribution in [-0.4, -0.2) is 34.1 Å². The summed E-state index contributed by atoms with van der Waals surface area (Å²) in [6, 6.07) is 31.1. The predicted octanol–water partition coefficient (Wildman–Crippen LogP) is 6.06. The summed E-state index contributed by atoms with van der Waals surface area (Å²) in [5.74, 6) is 0. The van der Waals surface area contributed by atoms with Gasteiger partial charge in [0.2, 0.25) is 0 Å². The van der Waals surface area contributed by atoms with Gasteiger partial charge in [-0.05, 0) is 60.7 Å². The van der Waals surface area contributed by atoms with Gasteiger partial charge in [-0.25, -0.2) is 0 Å². The van der Waals surface area contributed by atoms with Crippen molar-refractivity contribution in [3.8, 4) is 16.8 Å². The molecule has 0 saturated carbocycles. The zero-order valence-corrected chi connectivity index (χ0v) is 19.7. The van der Waals surface area contributed by atoms with Crippen molar-refractivity contribution in [3.05, 3.63) is 115 Å². The van der Waals surface area contributed by atoms with Crippen LogP contribution >= 0.6 is 0 Å². The summed E-state index contributed by atoms with van der Waals surface area (Å²) in [6.07, 6.45) is 5.98. The fourth-order valence-corrected chi connectivity index (χ4v) is 5.01. The van der Waals surface area contributed by atoms with E-state index < -0.39 is 5.72 Å². The molecule has 4 heteroatoms. The molecule has 1 saturated heterocycles. The van der Waals surface area contributed by atoms with E-state index in [1.165, 1.54) is 16.7 Å². The highest BCUT2D eigenvalue weighted by Crippen LogP contribution is 2.37. The van der Waals surface area contributed by atoms with Gasteiger partial charge < -0.3 is 14.1 Å². The molecule has 4 nitrogen and oxygen atoms in total. The lowest BCUT2D eigenvalue weighted by Crippen LogP contribution is -2.47. The van der Waals surface area contributed by atoms with E-state index in [0.29, 0.717) is 6.61 Å². The summed E-state index contributed by atoms with van der Waals surface area (Å²) < 4.78 is 8.23. The molecule has 1 aromatic heterocycles. The summed E-state index contributed by atoms with van der Waals surface area (Å²) in [4.78, 5) is 14.6. The fraction of sp³-hybridized carbons (Fsp3) is 0.233. The van der Waals surface area contributed by atoms with Crippen LogP contribution in [0.1, 0.15) is 31.0 Å². The van der Waals surface area contributed by atoms with Crippen LogP contribution in [-0.2, 0) is 16.0 Å². The van der Waals surface area contributed by atoms with Crippen LogP contribution in [0.25, 0.3) is 16.8 Å². The number of hydrogen-bond acceptors (Lipinski definition) is 3. The number of nitrogens with zero attached hydrogens (tertiary/aromatic N) is 2. The number of ether oxygens (including phenoxy) is 1. The van der Waals surface area contributed by atoms with E-state index in [2.05, 4.69) is 88.5 Å². The van der Waals surface area contributed by atoms with Crippen molar-refractivity contribution in [1.29, 1.82) is 0 Å². The molecule has 3 aromatic carbocycles.